The number of carbonyl (C=O) groups excluding carboxylic acids is 1. The molecular formula is C19H21N3O3S. The minimum Gasteiger partial charge on any atom is -0.376 e. The van der Waals surface area contributed by atoms with E-state index >= 15 is 0 Å². The summed E-state index contributed by atoms with van der Waals surface area (Å²) in [6.07, 6.45) is 1.99. The van der Waals surface area contributed by atoms with E-state index in [4.69, 9.17) is 14.2 Å². The molecule has 1 atom stereocenters. The fraction of sp³-hybridized carbons (Fsp3) is 0.421. The summed E-state index contributed by atoms with van der Waals surface area (Å²) in [5.74, 6) is 0.00339. The molecule has 1 aromatic carbocycles. The molecular weight excluding hydrogens is 350 g/mol. The highest BCUT2D eigenvalue weighted by atomic mass is 32.1. The fourth-order valence-corrected chi connectivity index (χ4v) is 4.32. The van der Waals surface area contributed by atoms with E-state index in [1.807, 2.05) is 6.92 Å². The molecule has 4 rings (SSSR count). The maximum atomic E-state index is 13.1. The van der Waals surface area contributed by atoms with Gasteiger partial charge in [-0.1, -0.05) is 28.6 Å². The van der Waals surface area contributed by atoms with Crippen LogP contribution in [0.2, 0.25) is 0 Å². The van der Waals surface area contributed by atoms with Crippen LogP contribution >= 0.6 is 11.3 Å². The molecule has 0 N–H and O–H groups in total. The highest BCUT2D eigenvalue weighted by Crippen LogP contribution is 2.34. The number of fused-ring (bicyclic) bond motifs is 1. The van der Waals surface area contributed by atoms with Crippen molar-refractivity contribution in [3.63, 3.8) is 0 Å². The minimum absolute atomic E-state index is 0.0252. The van der Waals surface area contributed by atoms with Gasteiger partial charge in [-0.15, -0.1) is 0 Å². The quantitative estimate of drug-likeness (QED) is 0.692. The van der Waals surface area contributed by atoms with Gasteiger partial charge in [-0.2, -0.15) is 0 Å². The zero-order chi connectivity index (χ0) is 18.3. The summed E-state index contributed by atoms with van der Waals surface area (Å²) in [5, 5.41) is 4.52. The summed E-state index contributed by atoms with van der Waals surface area (Å²) >= 11 is 1.54. The van der Waals surface area contributed by atoms with Gasteiger partial charge in [0.25, 0.3) is 5.91 Å². The molecule has 2 aromatic heterocycles. The molecule has 0 radical (unpaired) electrons. The van der Waals surface area contributed by atoms with Gasteiger partial charge in [-0.3, -0.25) is 9.69 Å². The Morgan fingerprint density at radius 2 is 2.12 bits per heavy atom. The molecule has 0 spiro atoms. The Hall–Kier alpha value is -2.25. The number of aryl methyl sites for hydroxylation is 3. The largest absolute Gasteiger partial charge is 0.376 e. The third-order valence-corrected chi connectivity index (χ3v) is 5.87. The second-order valence-electron chi connectivity index (χ2n) is 6.76. The topological polar surface area (TPSA) is 68.5 Å². The summed E-state index contributed by atoms with van der Waals surface area (Å²) in [7, 11) is 0. The van der Waals surface area contributed by atoms with Crippen molar-refractivity contribution in [3.05, 3.63) is 40.8 Å². The van der Waals surface area contributed by atoms with Gasteiger partial charge in [0.05, 0.1) is 28.6 Å². The molecule has 26 heavy (non-hydrogen) atoms. The van der Waals surface area contributed by atoms with Crippen LogP contribution in [-0.4, -0.2) is 35.3 Å². The molecule has 6 nitrogen and oxygen atoms in total. The Bertz CT molecular complexity index is 917. The van der Waals surface area contributed by atoms with E-state index in [9.17, 15) is 4.79 Å². The Labute approximate surface area is 155 Å². The van der Waals surface area contributed by atoms with E-state index in [0.717, 1.165) is 40.8 Å². The van der Waals surface area contributed by atoms with Gasteiger partial charge in [-0.25, -0.2) is 4.98 Å². The van der Waals surface area contributed by atoms with Crippen LogP contribution in [0.15, 0.2) is 22.7 Å². The molecule has 7 heteroatoms. The maximum absolute atomic E-state index is 13.1. The Kier molecular flexibility index (Phi) is 4.50. The van der Waals surface area contributed by atoms with Crippen LogP contribution in [0.1, 0.15) is 40.2 Å². The van der Waals surface area contributed by atoms with Gasteiger partial charge < -0.3 is 9.26 Å². The van der Waals surface area contributed by atoms with Gasteiger partial charge in [-0.05, 0) is 44.7 Å². The van der Waals surface area contributed by atoms with Crippen LogP contribution in [0.3, 0.4) is 0 Å². The second-order valence-corrected chi connectivity index (χ2v) is 7.73. The summed E-state index contributed by atoms with van der Waals surface area (Å²) in [4.78, 5) is 19.6. The van der Waals surface area contributed by atoms with Crippen LogP contribution in [0.5, 0.6) is 0 Å². The lowest BCUT2D eigenvalue weighted by Gasteiger charge is -2.21. The molecule has 1 unspecified atom stereocenters. The molecule has 1 amide bonds. The van der Waals surface area contributed by atoms with E-state index in [1.165, 1.54) is 11.3 Å². The molecule has 3 aromatic rings. The maximum Gasteiger partial charge on any atom is 0.298 e. The van der Waals surface area contributed by atoms with Crippen molar-refractivity contribution >= 4 is 32.6 Å². The van der Waals surface area contributed by atoms with Crippen LogP contribution in [0.4, 0.5) is 5.13 Å². The Morgan fingerprint density at radius 1 is 1.31 bits per heavy atom. The second kappa shape index (κ2) is 6.81. The summed E-state index contributed by atoms with van der Waals surface area (Å²) in [6, 6.07) is 5.81. The third-order valence-electron chi connectivity index (χ3n) is 4.66. The molecule has 136 valence electrons. The number of ether oxygens (including phenoxy) is 1. The summed E-state index contributed by atoms with van der Waals surface area (Å²) in [5.41, 5.74) is 3.90. The SMILES string of the molecule is Cc1cc(C(=O)N(CC2CCCO2)c2nc3c(C)ccc(C)c3s2)on1. The first kappa shape index (κ1) is 17.2. The highest BCUT2D eigenvalue weighted by Gasteiger charge is 2.29. The average Bonchev–Trinajstić information content (AvgIpc) is 3.35. The summed E-state index contributed by atoms with van der Waals surface area (Å²) in [6.45, 7) is 7.12. The smallest absolute Gasteiger partial charge is 0.298 e. The molecule has 0 bridgehead atoms. The lowest BCUT2D eigenvalue weighted by molar-refractivity contribution is 0.0887. The van der Waals surface area contributed by atoms with Gasteiger partial charge in [0.2, 0.25) is 5.76 Å². The number of anilines is 1. The first-order valence-corrected chi connectivity index (χ1v) is 9.58. The van der Waals surface area contributed by atoms with Crippen molar-refractivity contribution < 1.29 is 14.1 Å². The number of benzene rings is 1. The molecule has 1 fully saturated rings. The number of amides is 1. The van der Waals surface area contributed by atoms with E-state index in [0.29, 0.717) is 17.4 Å². The van der Waals surface area contributed by atoms with E-state index in [2.05, 4.69) is 24.2 Å². The van der Waals surface area contributed by atoms with Crippen molar-refractivity contribution in [3.8, 4) is 0 Å². The number of thiazole rings is 1. The Balaban J connectivity index is 1.75. The van der Waals surface area contributed by atoms with E-state index in [1.54, 1.807) is 17.9 Å². The standard InChI is InChI=1S/C19H21N3O3S/c1-11-6-7-12(2)17-16(11)20-19(26-17)22(10-14-5-4-8-24-14)18(23)15-9-13(3)21-25-15/h6-7,9,14H,4-5,8,10H2,1-3H3. The fourth-order valence-electron chi connectivity index (χ4n) is 3.20. The first-order valence-electron chi connectivity index (χ1n) is 8.76. The van der Waals surface area contributed by atoms with Crippen molar-refractivity contribution in [1.82, 2.24) is 10.1 Å². The van der Waals surface area contributed by atoms with Crippen LogP contribution in [0.25, 0.3) is 10.2 Å². The molecule has 1 aliphatic rings. The number of aromatic nitrogens is 2. The van der Waals surface area contributed by atoms with E-state index < -0.39 is 0 Å². The van der Waals surface area contributed by atoms with Crippen molar-refractivity contribution in [2.45, 2.75) is 39.7 Å². The van der Waals surface area contributed by atoms with Crippen molar-refractivity contribution in [2.24, 2.45) is 0 Å². The molecule has 1 saturated heterocycles. The first-order chi connectivity index (χ1) is 12.5. The van der Waals surface area contributed by atoms with Crippen molar-refractivity contribution in [1.29, 1.82) is 0 Å². The molecule has 0 saturated carbocycles. The predicted octanol–water partition coefficient (Wildman–Crippen LogP) is 4.04. The van der Waals surface area contributed by atoms with Gasteiger partial charge in [0.1, 0.15) is 0 Å². The predicted molar refractivity (Wildman–Crippen MR) is 101 cm³/mol. The number of hydrogen-bond donors (Lipinski definition) is 0. The van der Waals surface area contributed by atoms with Gasteiger partial charge in [0, 0.05) is 12.7 Å². The van der Waals surface area contributed by atoms with Gasteiger partial charge in [0.15, 0.2) is 5.13 Å². The lowest BCUT2D eigenvalue weighted by Crippen LogP contribution is -2.37. The molecule has 3 heterocycles. The molecule has 0 aliphatic carbocycles. The monoisotopic (exact) mass is 371 g/mol. The lowest BCUT2D eigenvalue weighted by atomic mass is 10.1. The van der Waals surface area contributed by atoms with Crippen LogP contribution < -0.4 is 4.90 Å². The van der Waals surface area contributed by atoms with Crippen LogP contribution in [0, 0.1) is 20.8 Å². The third kappa shape index (κ3) is 3.12. The average molecular weight is 371 g/mol. The number of hydrogen-bond acceptors (Lipinski definition) is 6. The van der Waals surface area contributed by atoms with E-state index in [-0.39, 0.29) is 17.8 Å². The van der Waals surface area contributed by atoms with Crippen molar-refractivity contribution in [2.75, 3.05) is 18.1 Å². The van der Waals surface area contributed by atoms with Crippen LogP contribution in [-0.2, 0) is 4.74 Å². The molecule has 1 aliphatic heterocycles. The number of rotatable bonds is 4. The zero-order valence-electron chi connectivity index (χ0n) is 15.1. The summed E-state index contributed by atoms with van der Waals surface area (Å²) < 4.78 is 12.1. The zero-order valence-corrected chi connectivity index (χ0v) is 15.9. The van der Waals surface area contributed by atoms with Gasteiger partial charge >= 0.3 is 0 Å². The highest BCUT2D eigenvalue weighted by molar-refractivity contribution is 7.22. The minimum atomic E-state index is -0.226. The number of carbonyl (C=O) groups is 1. The Morgan fingerprint density at radius 3 is 2.77 bits per heavy atom. The normalized spacial score (nSPS) is 17.1. The number of nitrogens with zero attached hydrogens (tertiary/aromatic N) is 3.